The zero-order chi connectivity index (χ0) is 14.3. The lowest BCUT2D eigenvalue weighted by Gasteiger charge is -2.07. The van der Waals surface area contributed by atoms with Crippen LogP contribution in [0.1, 0.15) is 16.8 Å². The Bertz CT molecular complexity index is 420. The molecule has 106 valence electrons. The molecule has 19 heavy (non-hydrogen) atoms. The first-order chi connectivity index (χ1) is 9.06. The van der Waals surface area contributed by atoms with Crippen LogP contribution in [0.2, 0.25) is 0 Å². The molecule has 1 aromatic carbocycles. The van der Waals surface area contributed by atoms with Gasteiger partial charge in [-0.1, -0.05) is 0 Å². The van der Waals surface area contributed by atoms with Gasteiger partial charge in [-0.25, -0.2) is 13.2 Å². The number of carbonyl (C=O) groups excluding carboxylic acids is 1. The molecule has 1 aromatic rings. The summed E-state index contributed by atoms with van der Waals surface area (Å²) < 4.78 is 39.2. The van der Waals surface area contributed by atoms with Crippen LogP contribution in [0.4, 0.5) is 13.2 Å². The predicted octanol–water partition coefficient (Wildman–Crippen LogP) is 1.95. The van der Waals surface area contributed by atoms with Crippen LogP contribution in [0.25, 0.3) is 0 Å². The highest BCUT2D eigenvalue weighted by molar-refractivity contribution is 7.99. The second-order valence-electron chi connectivity index (χ2n) is 3.69. The van der Waals surface area contributed by atoms with Crippen LogP contribution in [0, 0.1) is 17.5 Å². The van der Waals surface area contributed by atoms with Crippen LogP contribution in [0.3, 0.4) is 0 Å². The van der Waals surface area contributed by atoms with Crippen LogP contribution in [0.5, 0.6) is 0 Å². The van der Waals surface area contributed by atoms with E-state index in [2.05, 4.69) is 5.32 Å². The average molecular weight is 293 g/mol. The third-order valence-corrected chi connectivity index (χ3v) is 3.28. The summed E-state index contributed by atoms with van der Waals surface area (Å²) in [4.78, 5) is 11.5. The number of rotatable bonds is 7. The van der Waals surface area contributed by atoms with Crippen LogP contribution >= 0.6 is 11.8 Å². The molecule has 0 heterocycles. The molecule has 1 rings (SSSR count). The van der Waals surface area contributed by atoms with Crippen LogP contribution in [0.15, 0.2) is 12.1 Å². The van der Waals surface area contributed by atoms with Crippen LogP contribution in [-0.4, -0.2) is 35.7 Å². The van der Waals surface area contributed by atoms with Gasteiger partial charge in [0.15, 0.2) is 0 Å². The molecule has 0 radical (unpaired) electrons. The number of hydrogen-bond donors (Lipinski definition) is 2. The summed E-state index contributed by atoms with van der Waals surface area (Å²) in [5.41, 5.74) is -0.776. The summed E-state index contributed by atoms with van der Waals surface area (Å²) in [6, 6.07) is 0.933. The molecule has 0 aliphatic rings. The molecule has 0 bridgehead atoms. The fraction of sp³-hybridized carbons (Fsp3) is 0.417. The van der Waals surface area contributed by atoms with Crippen molar-refractivity contribution in [2.75, 3.05) is 24.7 Å². The van der Waals surface area contributed by atoms with Crippen molar-refractivity contribution in [2.24, 2.45) is 0 Å². The molecule has 0 saturated carbocycles. The molecule has 0 aromatic heterocycles. The number of thioether (sulfide) groups is 1. The van der Waals surface area contributed by atoms with E-state index in [-0.39, 0.29) is 13.2 Å². The number of benzene rings is 1. The minimum atomic E-state index is -1.22. The van der Waals surface area contributed by atoms with E-state index in [9.17, 15) is 18.0 Å². The van der Waals surface area contributed by atoms with E-state index < -0.39 is 28.9 Å². The van der Waals surface area contributed by atoms with Crippen molar-refractivity contribution in [2.45, 2.75) is 6.42 Å². The Morgan fingerprint density at radius 3 is 2.42 bits per heavy atom. The number of nitrogens with one attached hydrogen (secondary N) is 1. The number of aliphatic hydroxyl groups excluding tert-OH is 1. The number of hydrogen-bond acceptors (Lipinski definition) is 3. The Balaban J connectivity index is 2.46. The quantitative estimate of drug-likeness (QED) is 0.756. The standard InChI is InChI=1S/C12H14F3NO2S/c13-8-6-9(14)11(10(15)7-8)12(18)16-2-5-19-4-1-3-17/h6-7,17H,1-5H2,(H,16,18). The van der Waals surface area contributed by atoms with Gasteiger partial charge in [-0.15, -0.1) is 0 Å². The first-order valence-corrected chi connectivity index (χ1v) is 6.83. The summed E-state index contributed by atoms with van der Waals surface area (Å²) in [6.45, 7) is 0.344. The normalized spacial score (nSPS) is 10.5. The number of aliphatic hydroxyl groups is 1. The van der Waals surface area contributed by atoms with Gasteiger partial charge in [0, 0.05) is 31.0 Å². The minimum absolute atomic E-state index is 0.103. The Morgan fingerprint density at radius 2 is 1.84 bits per heavy atom. The van der Waals surface area contributed by atoms with Gasteiger partial charge in [0.25, 0.3) is 5.91 Å². The largest absolute Gasteiger partial charge is 0.396 e. The maximum Gasteiger partial charge on any atom is 0.257 e. The van der Waals surface area contributed by atoms with E-state index in [0.717, 1.165) is 5.75 Å². The maximum atomic E-state index is 13.3. The van der Waals surface area contributed by atoms with Crippen molar-refractivity contribution < 1.29 is 23.1 Å². The van der Waals surface area contributed by atoms with Gasteiger partial charge < -0.3 is 10.4 Å². The van der Waals surface area contributed by atoms with E-state index >= 15 is 0 Å². The van der Waals surface area contributed by atoms with E-state index in [1.807, 2.05) is 0 Å². The highest BCUT2D eigenvalue weighted by atomic mass is 32.2. The minimum Gasteiger partial charge on any atom is -0.396 e. The molecule has 0 spiro atoms. The molecule has 0 fully saturated rings. The molecule has 7 heteroatoms. The predicted molar refractivity (Wildman–Crippen MR) is 67.7 cm³/mol. The highest BCUT2D eigenvalue weighted by Gasteiger charge is 2.18. The topological polar surface area (TPSA) is 49.3 Å². The van der Waals surface area contributed by atoms with Crippen LogP contribution < -0.4 is 5.32 Å². The first-order valence-electron chi connectivity index (χ1n) is 5.67. The summed E-state index contributed by atoms with van der Waals surface area (Å²) in [7, 11) is 0. The highest BCUT2D eigenvalue weighted by Crippen LogP contribution is 2.14. The zero-order valence-electron chi connectivity index (χ0n) is 10.1. The lowest BCUT2D eigenvalue weighted by Crippen LogP contribution is -2.27. The van der Waals surface area contributed by atoms with Crippen molar-refractivity contribution >= 4 is 17.7 Å². The Hall–Kier alpha value is -1.21. The van der Waals surface area contributed by atoms with E-state index in [0.29, 0.717) is 24.3 Å². The SMILES string of the molecule is O=C(NCCSCCCO)c1c(F)cc(F)cc1F. The summed E-state index contributed by atoms with van der Waals surface area (Å²) in [6.07, 6.45) is 0.653. The van der Waals surface area contributed by atoms with Gasteiger partial charge in [0.05, 0.1) is 0 Å². The lowest BCUT2D eigenvalue weighted by atomic mass is 10.2. The summed E-state index contributed by atoms with van der Waals surface area (Å²) in [5, 5.41) is 10.9. The molecule has 0 unspecified atom stereocenters. The van der Waals surface area contributed by atoms with Crippen molar-refractivity contribution in [3.05, 3.63) is 35.1 Å². The third-order valence-electron chi connectivity index (χ3n) is 2.21. The Labute approximate surface area is 113 Å². The van der Waals surface area contributed by atoms with Crippen molar-refractivity contribution in [1.29, 1.82) is 0 Å². The smallest absolute Gasteiger partial charge is 0.257 e. The van der Waals surface area contributed by atoms with E-state index in [4.69, 9.17) is 5.11 Å². The van der Waals surface area contributed by atoms with Crippen LogP contribution in [-0.2, 0) is 0 Å². The fourth-order valence-electron chi connectivity index (χ4n) is 1.35. The molecule has 2 N–H and O–H groups in total. The number of halogens is 3. The second kappa shape index (κ2) is 8.06. The van der Waals surface area contributed by atoms with Gasteiger partial charge >= 0.3 is 0 Å². The molecular weight excluding hydrogens is 279 g/mol. The number of carbonyl (C=O) groups is 1. The van der Waals surface area contributed by atoms with Crippen molar-refractivity contribution in [3.8, 4) is 0 Å². The van der Waals surface area contributed by atoms with Gasteiger partial charge in [-0.05, 0) is 12.2 Å². The molecule has 3 nitrogen and oxygen atoms in total. The monoisotopic (exact) mass is 293 g/mol. The Kier molecular flexibility index (Phi) is 6.72. The summed E-state index contributed by atoms with van der Waals surface area (Å²) in [5.74, 6) is -3.10. The number of amides is 1. The molecule has 0 saturated heterocycles. The lowest BCUT2D eigenvalue weighted by molar-refractivity contribution is 0.0947. The van der Waals surface area contributed by atoms with Gasteiger partial charge in [-0.3, -0.25) is 4.79 Å². The summed E-state index contributed by atoms with van der Waals surface area (Å²) >= 11 is 1.50. The van der Waals surface area contributed by atoms with Gasteiger partial charge in [0.2, 0.25) is 0 Å². The fourth-order valence-corrected chi connectivity index (χ4v) is 2.14. The molecule has 0 atom stereocenters. The molecule has 0 aliphatic carbocycles. The second-order valence-corrected chi connectivity index (χ2v) is 4.91. The molecular formula is C12H14F3NO2S. The van der Waals surface area contributed by atoms with Crippen molar-refractivity contribution in [1.82, 2.24) is 5.32 Å². The van der Waals surface area contributed by atoms with E-state index in [1.165, 1.54) is 11.8 Å². The third kappa shape index (κ3) is 5.12. The molecule has 1 amide bonds. The van der Waals surface area contributed by atoms with Gasteiger partial charge in [0.1, 0.15) is 23.0 Å². The van der Waals surface area contributed by atoms with Crippen molar-refractivity contribution in [3.63, 3.8) is 0 Å². The maximum absolute atomic E-state index is 13.3. The average Bonchev–Trinajstić information content (AvgIpc) is 2.32. The Morgan fingerprint density at radius 1 is 1.21 bits per heavy atom. The molecule has 0 aliphatic heterocycles. The van der Waals surface area contributed by atoms with Gasteiger partial charge in [-0.2, -0.15) is 11.8 Å². The van der Waals surface area contributed by atoms with E-state index in [1.54, 1.807) is 0 Å². The zero-order valence-corrected chi connectivity index (χ0v) is 10.9. The first kappa shape index (κ1) is 15.8.